The molecule has 0 aromatic carbocycles. The van der Waals surface area contributed by atoms with Gasteiger partial charge in [0.2, 0.25) is 0 Å². The lowest BCUT2D eigenvalue weighted by Crippen LogP contribution is -2.49. The third-order valence-corrected chi connectivity index (χ3v) is 3.94. The van der Waals surface area contributed by atoms with Crippen LogP contribution < -0.4 is 10.6 Å². The van der Waals surface area contributed by atoms with Crippen molar-refractivity contribution in [2.45, 2.75) is 77.3 Å². The first-order chi connectivity index (χ1) is 10.0. The highest BCUT2D eigenvalue weighted by Gasteiger charge is 2.23. The van der Waals surface area contributed by atoms with E-state index in [0.717, 1.165) is 25.7 Å². The number of urea groups is 1. The van der Waals surface area contributed by atoms with Crippen molar-refractivity contribution >= 4 is 12.0 Å². The summed E-state index contributed by atoms with van der Waals surface area (Å²) in [5.41, 5.74) is 0. The highest BCUT2D eigenvalue weighted by molar-refractivity contribution is 5.83. The molecule has 0 saturated heterocycles. The van der Waals surface area contributed by atoms with Gasteiger partial charge in [0.1, 0.15) is 6.04 Å². The molecule has 1 unspecified atom stereocenters. The van der Waals surface area contributed by atoms with Crippen LogP contribution in [0, 0.1) is 5.92 Å². The maximum atomic E-state index is 12.1. The zero-order valence-electron chi connectivity index (χ0n) is 13.6. The van der Waals surface area contributed by atoms with Crippen LogP contribution in [0.5, 0.6) is 0 Å². The number of esters is 1. The molecule has 0 aromatic heterocycles. The molecule has 21 heavy (non-hydrogen) atoms. The van der Waals surface area contributed by atoms with Gasteiger partial charge in [-0.25, -0.2) is 9.59 Å². The number of carbonyl (C=O) groups excluding carboxylic acids is 2. The molecule has 5 nitrogen and oxygen atoms in total. The number of hydrogen-bond donors (Lipinski definition) is 2. The predicted octanol–water partition coefficient (Wildman–Crippen LogP) is 2.99. The van der Waals surface area contributed by atoms with Crippen LogP contribution in [-0.4, -0.2) is 31.2 Å². The van der Waals surface area contributed by atoms with E-state index in [0.29, 0.717) is 12.3 Å². The molecule has 0 radical (unpaired) electrons. The van der Waals surface area contributed by atoms with Crippen molar-refractivity contribution in [3.63, 3.8) is 0 Å². The molecule has 1 fully saturated rings. The molecule has 2 N–H and O–H groups in total. The Morgan fingerprint density at radius 3 is 2.19 bits per heavy atom. The van der Waals surface area contributed by atoms with Crippen molar-refractivity contribution in [2.24, 2.45) is 5.92 Å². The predicted molar refractivity (Wildman–Crippen MR) is 83.0 cm³/mol. The quantitative estimate of drug-likeness (QED) is 0.767. The van der Waals surface area contributed by atoms with E-state index < -0.39 is 6.04 Å². The van der Waals surface area contributed by atoms with Gasteiger partial charge in [0.05, 0.1) is 7.11 Å². The van der Waals surface area contributed by atoms with Gasteiger partial charge in [-0.15, -0.1) is 0 Å². The molecule has 0 bridgehead atoms. The normalized spacial score (nSPS) is 18.5. The van der Waals surface area contributed by atoms with E-state index in [9.17, 15) is 9.59 Å². The molecule has 0 spiro atoms. The molecule has 0 aliphatic heterocycles. The molecule has 0 aromatic rings. The summed E-state index contributed by atoms with van der Waals surface area (Å²) in [6.45, 7) is 4.04. The number of ether oxygens (including phenoxy) is 1. The van der Waals surface area contributed by atoms with Crippen LogP contribution in [-0.2, 0) is 9.53 Å². The molecule has 122 valence electrons. The summed E-state index contributed by atoms with van der Waals surface area (Å²) in [4.78, 5) is 23.8. The fourth-order valence-electron chi connectivity index (χ4n) is 2.81. The Bertz CT molecular complexity index is 323. The average Bonchev–Trinajstić information content (AvgIpc) is 2.39. The molecular weight excluding hydrogens is 268 g/mol. The fourth-order valence-corrected chi connectivity index (χ4v) is 2.81. The molecule has 1 atom stereocenters. The topological polar surface area (TPSA) is 67.4 Å². The Morgan fingerprint density at radius 2 is 1.67 bits per heavy atom. The molecule has 1 aliphatic rings. The second kappa shape index (κ2) is 9.64. The van der Waals surface area contributed by atoms with E-state index in [1.54, 1.807) is 0 Å². The van der Waals surface area contributed by atoms with Gasteiger partial charge in [0.15, 0.2) is 0 Å². The second-order valence-electron chi connectivity index (χ2n) is 6.37. The standard InChI is InChI=1S/C16H30N2O3/c1-12(2)11-14(15(19)21-3)18-16(20)17-13-9-7-5-4-6-8-10-13/h12-14H,4-11H2,1-3H3,(H2,17,18,20). The van der Waals surface area contributed by atoms with Crippen molar-refractivity contribution in [1.29, 1.82) is 0 Å². The lowest BCUT2D eigenvalue weighted by Gasteiger charge is -2.23. The highest BCUT2D eigenvalue weighted by Crippen LogP contribution is 2.17. The SMILES string of the molecule is COC(=O)C(CC(C)C)NC(=O)NC1CCCCCCC1. The summed E-state index contributed by atoms with van der Waals surface area (Å²) < 4.78 is 4.76. The Labute approximate surface area is 128 Å². The minimum Gasteiger partial charge on any atom is -0.467 e. The Kier molecular flexibility index (Phi) is 8.16. The summed E-state index contributed by atoms with van der Waals surface area (Å²) in [6.07, 6.45) is 8.77. The van der Waals surface area contributed by atoms with E-state index in [1.807, 2.05) is 13.8 Å². The Balaban J connectivity index is 2.45. The maximum absolute atomic E-state index is 12.1. The summed E-state index contributed by atoms with van der Waals surface area (Å²) in [6, 6.07) is -0.595. The van der Waals surface area contributed by atoms with Gasteiger partial charge in [-0.2, -0.15) is 0 Å². The van der Waals surface area contributed by atoms with Gasteiger partial charge in [-0.05, 0) is 25.2 Å². The number of nitrogens with one attached hydrogen (secondary N) is 2. The van der Waals surface area contributed by atoms with Crippen LogP contribution in [0.15, 0.2) is 0 Å². The van der Waals surface area contributed by atoms with Crippen LogP contribution in [0.3, 0.4) is 0 Å². The van der Waals surface area contributed by atoms with Crippen molar-refractivity contribution in [3.05, 3.63) is 0 Å². The molecule has 1 saturated carbocycles. The van der Waals surface area contributed by atoms with Crippen LogP contribution in [0.25, 0.3) is 0 Å². The van der Waals surface area contributed by atoms with E-state index in [-0.39, 0.29) is 18.0 Å². The summed E-state index contributed by atoms with van der Waals surface area (Å²) >= 11 is 0. The van der Waals surface area contributed by atoms with Crippen molar-refractivity contribution < 1.29 is 14.3 Å². The number of methoxy groups -OCH3 is 1. The largest absolute Gasteiger partial charge is 0.467 e. The van der Waals surface area contributed by atoms with Crippen molar-refractivity contribution in [2.75, 3.05) is 7.11 Å². The minimum atomic E-state index is -0.566. The third kappa shape index (κ3) is 7.34. The minimum absolute atomic E-state index is 0.225. The van der Waals surface area contributed by atoms with Crippen LogP contribution in [0.4, 0.5) is 4.79 Å². The van der Waals surface area contributed by atoms with E-state index in [4.69, 9.17) is 4.74 Å². The number of amides is 2. The van der Waals surface area contributed by atoms with Crippen LogP contribution in [0.1, 0.15) is 65.2 Å². The number of rotatable bonds is 5. The third-order valence-electron chi connectivity index (χ3n) is 3.94. The number of hydrogen-bond acceptors (Lipinski definition) is 3. The Morgan fingerprint density at radius 1 is 1.10 bits per heavy atom. The second-order valence-corrected chi connectivity index (χ2v) is 6.37. The van der Waals surface area contributed by atoms with E-state index in [1.165, 1.54) is 26.4 Å². The highest BCUT2D eigenvalue weighted by atomic mass is 16.5. The summed E-state index contributed by atoms with van der Waals surface area (Å²) in [5.74, 6) is -0.0627. The van der Waals surface area contributed by atoms with E-state index in [2.05, 4.69) is 10.6 Å². The molecule has 1 aliphatic carbocycles. The van der Waals surface area contributed by atoms with Crippen molar-refractivity contribution in [1.82, 2.24) is 10.6 Å². The molecule has 5 heteroatoms. The first-order valence-electron chi connectivity index (χ1n) is 8.17. The summed E-state index contributed by atoms with van der Waals surface area (Å²) in [7, 11) is 1.35. The zero-order chi connectivity index (χ0) is 15.7. The van der Waals surface area contributed by atoms with Gasteiger partial charge in [-0.3, -0.25) is 0 Å². The zero-order valence-corrected chi connectivity index (χ0v) is 13.6. The monoisotopic (exact) mass is 298 g/mol. The Hall–Kier alpha value is -1.26. The van der Waals surface area contributed by atoms with Gasteiger partial charge >= 0.3 is 12.0 Å². The first-order valence-corrected chi connectivity index (χ1v) is 8.17. The lowest BCUT2D eigenvalue weighted by molar-refractivity contribution is -0.143. The molecule has 2 amide bonds. The lowest BCUT2D eigenvalue weighted by atomic mass is 9.97. The molecule has 0 heterocycles. The average molecular weight is 298 g/mol. The van der Waals surface area contributed by atoms with Gasteiger partial charge in [0, 0.05) is 6.04 Å². The van der Waals surface area contributed by atoms with Gasteiger partial charge in [0.25, 0.3) is 0 Å². The van der Waals surface area contributed by atoms with Gasteiger partial charge in [-0.1, -0.05) is 46.0 Å². The summed E-state index contributed by atoms with van der Waals surface area (Å²) in [5, 5.41) is 5.77. The first kappa shape index (κ1) is 17.8. The fraction of sp³-hybridized carbons (Fsp3) is 0.875. The molecular formula is C16H30N2O3. The smallest absolute Gasteiger partial charge is 0.328 e. The van der Waals surface area contributed by atoms with Crippen molar-refractivity contribution in [3.8, 4) is 0 Å². The number of carbonyl (C=O) groups is 2. The maximum Gasteiger partial charge on any atom is 0.328 e. The van der Waals surface area contributed by atoms with E-state index >= 15 is 0 Å². The molecule has 1 rings (SSSR count). The van der Waals surface area contributed by atoms with Gasteiger partial charge < -0.3 is 15.4 Å². The van der Waals surface area contributed by atoms with Crippen LogP contribution in [0.2, 0.25) is 0 Å². The van der Waals surface area contributed by atoms with Crippen LogP contribution >= 0.6 is 0 Å².